The molecule has 0 bridgehead atoms. The van der Waals surface area contributed by atoms with Crippen molar-refractivity contribution in [2.24, 2.45) is 11.8 Å². The number of nitrogens with one attached hydrogen (secondary N) is 4. The molecule has 3 aromatic carbocycles. The second kappa shape index (κ2) is 19.6. The Hall–Kier alpha value is -6.16. The van der Waals surface area contributed by atoms with Crippen LogP contribution in [0.5, 0.6) is 11.5 Å². The number of H-pyrrole nitrogens is 1. The van der Waals surface area contributed by atoms with E-state index >= 15 is 0 Å². The summed E-state index contributed by atoms with van der Waals surface area (Å²) in [6, 6.07) is 19.7. The molecule has 5 aliphatic rings. The maximum Gasteiger partial charge on any atom is 0.262 e. The van der Waals surface area contributed by atoms with E-state index in [9.17, 15) is 24.0 Å². The number of nitrogens with zero attached hydrogens (tertiary/aromatic N) is 5. The van der Waals surface area contributed by atoms with Gasteiger partial charge in [0, 0.05) is 55.1 Å². The number of carbonyl (C=O) groups is 5. The fourth-order valence-corrected chi connectivity index (χ4v) is 10.9. The van der Waals surface area contributed by atoms with Crippen molar-refractivity contribution in [3.8, 4) is 11.5 Å². The number of piperidine rings is 3. The number of hydrogen-bond donors (Lipinski definition) is 4. The molecule has 4 aliphatic heterocycles. The van der Waals surface area contributed by atoms with Crippen LogP contribution in [0.3, 0.4) is 0 Å². The van der Waals surface area contributed by atoms with E-state index in [0.29, 0.717) is 73.5 Å². The van der Waals surface area contributed by atoms with Gasteiger partial charge in [-0.15, -0.1) is 0 Å². The van der Waals surface area contributed by atoms with Gasteiger partial charge in [-0.2, -0.15) is 0 Å². The first-order valence-corrected chi connectivity index (χ1v) is 24.2. The van der Waals surface area contributed by atoms with Crippen LogP contribution in [0.4, 0.5) is 11.5 Å². The van der Waals surface area contributed by atoms with E-state index in [0.717, 1.165) is 88.4 Å². The Balaban J connectivity index is 0.636. The van der Waals surface area contributed by atoms with Crippen LogP contribution in [0.2, 0.25) is 5.02 Å². The highest BCUT2D eigenvalue weighted by atomic mass is 35.5. The lowest BCUT2D eigenvalue weighted by atomic mass is 9.89. The van der Waals surface area contributed by atoms with Crippen LogP contribution < -0.4 is 25.6 Å². The number of rotatable bonds is 14. The van der Waals surface area contributed by atoms with E-state index in [4.69, 9.17) is 16.3 Å². The highest BCUT2D eigenvalue weighted by Gasteiger charge is 2.45. The van der Waals surface area contributed by atoms with E-state index in [1.165, 1.54) is 25.6 Å². The zero-order valence-electron chi connectivity index (χ0n) is 37.5. The summed E-state index contributed by atoms with van der Waals surface area (Å²) in [5.41, 5.74) is 3.02. The molecule has 348 valence electrons. The van der Waals surface area contributed by atoms with Gasteiger partial charge in [-0.05, 0) is 145 Å². The smallest absolute Gasteiger partial charge is 0.262 e. The minimum absolute atomic E-state index is 0.102. The molecule has 15 nitrogen and oxygen atoms in total. The van der Waals surface area contributed by atoms with Gasteiger partial charge in [0.05, 0.1) is 27.1 Å². The van der Waals surface area contributed by atoms with Crippen molar-refractivity contribution < 1.29 is 28.7 Å². The van der Waals surface area contributed by atoms with Gasteiger partial charge < -0.3 is 30.2 Å². The number of fused-ring (bicyclic) bond motifs is 2. The number of anilines is 2. The molecular weight excluding hydrogens is 870 g/mol. The Kier molecular flexibility index (Phi) is 13.1. The molecule has 6 heterocycles. The molecule has 4 N–H and O–H groups in total. The maximum atomic E-state index is 13.9. The number of aromatic nitrogens is 3. The summed E-state index contributed by atoms with van der Waals surface area (Å²) in [5, 5.41) is 10.8. The summed E-state index contributed by atoms with van der Waals surface area (Å²) >= 11 is 6.65. The third-order valence-electron chi connectivity index (χ3n) is 14.6. The summed E-state index contributed by atoms with van der Waals surface area (Å²) in [6.07, 6.45) is 13.4. The van der Waals surface area contributed by atoms with E-state index < -0.39 is 23.8 Å². The molecule has 1 aliphatic carbocycles. The highest BCUT2D eigenvalue weighted by molar-refractivity contribution is 6.36. The summed E-state index contributed by atoms with van der Waals surface area (Å²) < 4.78 is 5.92. The molecule has 67 heavy (non-hydrogen) atoms. The van der Waals surface area contributed by atoms with Crippen LogP contribution in [0.15, 0.2) is 79.3 Å². The molecule has 16 heteroatoms. The molecule has 5 aromatic rings. The van der Waals surface area contributed by atoms with Gasteiger partial charge in [0.1, 0.15) is 35.3 Å². The van der Waals surface area contributed by atoms with Crippen molar-refractivity contribution in [1.82, 2.24) is 35.4 Å². The highest BCUT2D eigenvalue weighted by Crippen LogP contribution is 2.35. The van der Waals surface area contributed by atoms with Crippen LogP contribution in [0.25, 0.3) is 11.0 Å². The lowest BCUT2D eigenvalue weighted by molar-refractivity contribution is -0.136. The summed E-state index contributed by atoms with van der Waals surface area (Å²) in [5.74, 6) is 1.09. The van der Waals surface area contributed by atoms with E-state index in [1.54, 1.807) is 36.5 Å². The van der Waals surface area contributed by atoms with Gasteiger partial charge in [0.15, 0.2) is 5.78 Å². The van der Waals surface area contributed by atoms with Crippen molar-refractivity contribution >= 4 is 63.6 Å². The predicted octanol–water partition coefficient (Wildman–Crippen LogP) is 7.37. The number of ketones is 1. The SMILES string of the molecule is O=C1CCC(N2C(=O)c3ccc(N4CCC(CCN5CCC(CNC6CCC(Nc7ncnc8[nH]cc(C(=O)c9ccc(Oc%10ccccc%10)cc9Cl)c78)CC6)CC5)CC4)cc3C2=O)C(=O)N1. The fraction of sp³-hybridized carbons (Fsp3) is 0.431. The van der Waals surface area contributed by atoms with E-state index in [-0.39, 0.29) is 30.6 Å². The van der Waals surface area contributed by atoms with Gasteiger partial charge in [-0.25, -0.2) is 9.97 Å². The molecule has 0 spiro atoms. The second-order valence-corrected chi connectivity index (χ2v) is 19.2. The van der Waals surface area contributed by atoms with Crippen LogP contribution in [0, 0.1) is 11.8 Å². The first kappa shape index (κ1) is 44.7. The number of aromatic amines is 1. The third kappa shape index (κ3) is 9.68. The number of ether oxygens (including phenoxy) is 1. The number of amides is 4. The standard InChI is InChI=1S/C51H56ClN9O6/c52-42-27-37(67-36-4-2-1-3-5-36)11-13-39(42)46(63)41-29-54-47-45(41)48(56-30-55-47)57-34-8-6-33(7-9-34)53-28-32-17-22-59(23-18-32)21-16-31-19-24-60(25-20-31)35-10-12-38-40(26-35)51(66)61(50(38)65)43-14-15-44(62)58-49(43)64/h1-5,10-13,26-27,29-34,43,53H,6-9,14-25,28H2,(H,58,62,64)(H2,54,55,56,57). The van der Waals surface area contributed by atoms with E-state index in [1.807, 2.05) is 36.4 Å². The predicted molar refractivity (Wildman–Crippen MR) is 255 cm³/mol. The van der Waals surface area contributed by atoms with Crippen LogP contribution in [-0.4, -0.2) is 112 Å². The van der Waals surface area contributed by atoms with Crippen molar-refractivity contribution in [2.75, 3.05) is 49.5 Å². The number of hydrogen-bond acceptors (Lipinski definition) is 12. The van der Waals surface area contributed by atoms with Gasteiger partial charge in [-0.3, -0.25) is 34.2 Å². The summed E-state index contributed by atoms with van der Waals surface area (Å²) in [7, 11) is 0. The van der Waals surface area contributed by atoms with Crippen molar-refractivity contribution in [2.45, 2.75) is 88.8 Å². The molecule has 4 amide bonds. The number of likely N-dealkylation sites (tertiary alicyclic amines) is 1. The number of halogens is 1. The summed E-state index contributed by atoms with van der Waals surface area (Å²) in [4.78, 5) is 82.6. The molecule has 3 saturated heterocycles. The maximum absolute atomic E-state index is 13.9. The van der Waals surface area contributed by atoms with Crippen molar-refractivity contribution in [3.05, 3.63) is 107 Å². The Labute approximate surface area is 394 Å². The lowest BCUT2D eigenvalue weighted by Crippen LogP contribution is -2.54. The summed E-state index contributed by atoms with van der Waals surface area (Å²) in [6.45, 7) is 6.23. The van der Waals surface area contributed by atoms with Gasteiger partial charge in [0.25, 0.3) is 11.8 Å². The molecule has 1 unspecified atom stereocenters. The fourth-order valence-electron chi connectivity index (χ4n) is 10.6. The zero-order chi connectivity index (χ0) is 46.0. The normalized spacial score (nSPS) is 22.0. The number of imide groups is 2. The van der Waals surface area contributed by atoms with Gasteiger partial charge in [0.2, 0.25) is 11.8 Å². The molecule has 4 fully saturated rings. The molecule has 1 saturated carbocycles. The lowest BCUT2D eigenvalue weighted by Gasteiger charge is -2.37. The minimum atomic E-state index is -0.959. The number of carbonyl (C=O) groups excluding carboxylic acids is 5. The van der Waals surface area contributed by atoms with Gasteiger partial charge >= 0.3 is 0 Å². The monoisotopic (exact) mass is 925 g/mol. The second-order valence-electron chi connectivity index (χ2n) is 18.8. The average molecular weight is 927 g/mol. The Morgan fingerprint density at radius 2 is 1.51 bits per heavy atom. The first-order chi connectivity index (χ1) is 32.6. The van der Waals surface area contributed by atoms with Gasteiger partial charge in [-0.1, -0.05) is 29.8 Å². The molecule has 0 radical (unpaired) electrons. The van der Waals surface area contributed by atoms with Crippen molar-refractivity contribution in [1.29, 1.82) is 0 Å². The quantitative estimate of drug-likeness (QED) is 0.0643. The zero-order valence-corrected chi connectivity index (χ0v) is 38.2. The van der Waals surface area contributed by atoms with E-state index in [2.05, 4.69) is 40.7 Å². The Bertz CT molecular complexity index is 2670. The molecule has 1 atom stereocenters. The molecular formula is C51H56ClN9O6. The number of benzene rings is 3. The minimum Gasteiger partial charge on any atom is -0.457 e. The van der Waals surface area contributed by atoms with Crippen molar-refractivity contribution in [3.63, 3.8) is 0 Å². The molecule has 10 rings (SSSR count). The topological polar surface area (TPSA) is 182 Å². The van der Waals surface area contributed by atoms with Crippen LogP contribution in [0.1, 0.15) is 107 Å². The largest absolute Gasteiger partial charge is 0.457 e. The Morgan fingerprint density at radius 3 is 2.27 bits per heavy atom. The average Bonchev–Trinajstić information content (AvgIpc) is 3.89. The van der Waals surface area contributed by atoms with Crippen LogP contribution in [-0.2, 0) is 9.59 Å². The Morgan fingerprint density at radius 1 is 0.761 bits per heavy atom. The first-order valence-electron chi connectivity index (χ1n) is 23.9. The third-order valence-corrected chi connectivity index (χ3v) is 14.9. The molecule has 2 aromatic heterocycles. The number of para-hydroxylation sites is 1. The van der Waals surface area contributed by atoms with Crippen LogP contribution >= 0.6 is 11.6 Å².